The van der Waals surface area contributed by atoms with Crippen LogP contribution in [0.15, 0.2) is 46.1 Å². The number of nitrogens with zero attached hydrogens (tertiary/aromatic N) is 4. The van der Waals surface area contributed by atoms with Crippen LogP contribution in [0, 0.1) is 5.92 Å². The molecule has 1 aliphatic rings. The second-order valence-corrected chi connectivity index (χ2v) is 7.95. The average Bonchev–Trinajstić information content (AvgIpc) is 3.24. The van der Waals surface area contributed by atoms with Gasteiger partial charge in [-0.25, -0.2) is 0 Å². The van der Waals surface area contributed by atoms with Crippen LogP contribution in [-0.2, 0) is 19.9 Å². The molecule has 1 saturated heterocycles. The summed E-state index contributed by atoms with van der Waals surface area (Å²) < 4.78 is 3.03. The molecule has 3 rings (SSSR count). The molecule has 1 aliphatic heterocycles. The SMILES string of the molecule is CN=C(NCCCc1cccc(Br)c1)N1CCC(Cc2cnn(C)c2)C1. The van der Waals surface area contributed by atoms with Crippen molar-refractivity contribution in [3.63, 3.8) is 0 Å². The van der Waals surface area contributed by atoms with E-state index in [2.05, 4.69) is 66.7 Å². The molecule has 1 N–H and O–H groups in total. The summed E-state index contributed by atoms with van der Waals surface area (Å²) in [6.45, 7) is 3.10. The van der Waals surface area contributed by atoms with Gasteiger partial charge in [-0.2, -0.15) is 5.10 Å². The van der Waals surface area contributed by atoms with E-state index in [1.54, 1.807) is 0 Å². The lowest BCUT2D eigenvalue weighted by molar-refractivity contribution is 0.459. The number of benzene rings is 1. The second kappa shape index (κ2) is 9.21. The number of likely N-dealkylation sites (tertiary alicyclic amines) is 1. The van der Waals surface area contributed by atoms with Crippen LogP contribution in [0.1, 0.15) is 24.0 Å². The van der Waals surface area contributed by atoms with Gasteiger partial charge in [0.05, 0.1) is 6.20 Å². The molecular weight excluding hydrogens is 390 g/mol. The molecule has 0 radical (unpaired) electrons. The van der Waals surface area contributed by atoms with Crippen molar-refractivity contribution >= 4 is 21.9 Å². The average molecular weight is 418 g/mol. The Hall–Kier alpha value is -1.82. The van der Waals surface area contributed by atoms with E-state index in [1.165, 1.54) is 17.5 Å². The van der Waals surface area contributed by atoms with Crippen molar-refractivity contribution in [3.05, 3.63) is 52.3 Å². The quantitative estimate of drug-likeness (QED) is 0.445. The lowest BCUT2D eigenvalue weighted by Gasteiger charge is -2.21. The summed E-state index contributed by atoms with van der Waals surface area (Å²) in [7, 11) is 3.86. The molecule has 2 heterocycles. The Morgan fingerprint density at radius 3 is 3.00 bits per heavy atom. The number of aryl methyl sites for hydroxylation is 2. The highest BCUT2D eigenvalue weighted by atomic mass is 79.9. The van der Waals surface area contributed by atoms with E-state index >= 15 is 0 Å². The molecule has 6 heteroatoms. The predicted molar refractivity (Wildman–Crippen MR) is 110 cm³/mol. The summed E-state index contributed by atoms with van der Waals surface area (Å²) in [4.78, 5) is 6.87. The van der Waals surface area contributed by atoms with Gasteiger partial charge in [0.1, 0.15) is 0 Å². The van der Waals surface area contributed by atoms with Crippen molar-refractivity contribution in [2.45, 2.75) is 25.7 Å². The monoisotopic (exact) mass is 417 g/mol. The van der Waals surface area contributed by atoms with Crippen molar-refractivity contribution in [3.8, 4) is 0 Å². The van der Waals surface area contributed by atoms with Crippen molar-refractivity contribution in [2.75, 3.05) is 26.7 Å². The highest BCUT2D eigenvalue weighted by Gasteiger charge is 2.25. The first kappa shape index (κ1) is 19.0. The zero-order valence-corrected chi connectivity index (χ0v) is 17.2. The standard InChI is InChI=1S/C20H28BrN5/c1-22-20(23-9-4-6-16-5-3-7-19(21)12-16)26-10-8-17(15-26)11-18-13-24-25(2)14-18/h3,5,7,12-14,17H,4,6,8-11,15H2,1-2H3,(H,22,23). The first-order valence-electron chi connectivity index (χ1n) is 9.31. The fraction of sp³-hybridized carbons (Fsp3) is 0.500. The molecule has 1 fully saturated rings. The minimum atomic E-state index is 0.680. The van der Waals surface area contributed by atoms with Gasteiger partial charge >= 0.3 is 0 Å². The fourth-order valence-electron chi connectivity index (χ4n) is 3.62. The lowest BCUT2D eigenvalue weighted by atomic mass is 10.0. The van der Waals surface area contributed by atoms with Gasteiger partial charge in [-0.1, -0.05) is 28.1 Å². The zero-order valence-electron chi connectivity index (χ0n) is 15.7. The first-order valence-corrected chi connectivity index (χ1v) is 10.1. The molecule has 1 unspecified atom stereocenters. The predicted octanol–water partition coefficient (Wildman–Crippen LogP) is 3.26. The summed E-state index contributed by atoms with van der Waals surface area (Å²) in [6, 6.07) is 8.54. The van der Waals surface area contributed by atoms with Gasteiger partial charge in [-0.15, -0.1) is 0 Å². The molecule has 1 aromatic carbocycles. The van der Waals surface area contributed by atoms with Crippen LogP contribution < -0.4 is 5.32 Å². The van der Waals surface area contributed by atoms with E-state index in [0.29, 0.717) is 5.92 Å². The van der Waals surface area contributed by atoms with Gasteiger partial charge in [0.15, 0.2) is 5.96 Å². The number of aromatic nitrogens is 2. The van der Waals surface area contributed by atoms with Crippen LogP contribution >= 0.6 is 15.9 Å². The minimum Gasteiger partial charge on any atom is -0.356 e. The molecule has 2 aromatic rings. The number of guanidine groups is 1. The summed E-state index contributed by atoms with van der Waals surface area (Å²) in [5, 5.41) is 7.81. The Morgan fingerprint density at radius 1 is 1.38 bits per heavy atom. The van der Waals surface area contributed by atoms with Gasteiger partial charge in [0.25, 0.3) is 0 Å². The number of halogens is 1. The maximum Gasteiger partial charge on any atom is 0.193 e. The van der Waals surface area contributed by atoms with E-state index in [4.69, 9.17) is 0 Å². The van der Waals surface area contributed by atoms with Crippen LogP contribution in [0.3, 0.4) is 0 Å². The second-order valence-electron chi connectivity index (χ2n) is 7.03. The Kier molecular flexibility index (Phi) is 6.72. The summed E-state index contributed by atoms with van der Waals surface area (Å²) >= 11 is 3.53. The number of hydrogen-bond acceptors (Lipinski definition) is 2. The molecule has 26 heavy (non-hydrogen) atoms. The third-order valence-electron chi connectivity index (χ3n) is 4.89. The minimum absolute atomic E-state index is 0.680. The van der Waals surface area contributed by atoms with Gasteiger partial charge in [0, 0.05) is 44.4 Å². The maximum atomic E-state index is 4.48. The van der Waals surface area contributed by atoms with Gasteiger partial charge < -0.3 is 10.2 Å². The third-order valence-corrected chi connectivity index (χ3v) is 5.39. The Balaban J connectivity index is 1.41. The summed E-state index contributed by atoms with van der Waals surface area (Å²) in [6.07, 6.45) is 8.60. The van der Waals surface area contributed by atoms with E-state index in [-0.39, 0.29) is 0 Å². The fourth-order valence-corrected chi connectivity index (χ4v) is 4.07. The molecule has 140 valence electrons. The summed E-state index contributed by atoms with van der Waals surface area (Å²) in [5.74, 6) is 1.72. The van der Waals surface area contributed by atoms with E-state index < -0.39 is 0 Å². The molecule has 1 atom stereocenters. The first-order chi connectivity index (χ1) is 12.6. The number of hydrogen-bond donors (Lipinski definition) is 1. The summed E-state index contributed by atoms with van der Waals surface area (Å²) in [5.41, 5.74) is 2.70. The van der Waals surface area contributed by atoms with Crippen molar-refractivity contribution < 1.29 is 0 Å². The van der Waals surface area contributed by atoms with Crippen LogP contribution in [0.2, 0.25) is 0 Å². The van der Waals surface area contributed by atoms with Crippen molar-refractivity contribution in [1.29, 1.82) is 0 Å². The van der Waals surface area contributed by atoms with Crippen molar-refractivity contribution in [1.82, 2.24) is 20.0 Å². The van der Waals surface area contributed by atoms with Crippen molar-refractivity contribution in [2.24, 2.45) is 18.0 Å². The maximum absolute atomic E-state index is 4.48. The van der Waals surface area contributed by atoms with Crippen LogP contribution in [0.4, 0.5) is 0 Å². The highest BCUT2D eigenvalue weighted by molar-refractivity contribution is 9.10. The Bertz CT molecular complexity index is 739. The molecule has 1 aromatic heterocycles. The number of aliphatic imine (C=N–C) groups is 1. The molecular formula is C20H28BrN5. The largest absolute Gasteiger partial charge is 0.356 e. The van der Waals surface area contributed by atoms with E-state index in [1.807, 2.05) is 25.0 Å². The zero-order chi connectivity index (χ0) is 18.4. The molecule has 0 amide bonds. The third kappa shape index (κ3) is 5.34. The lowest BCUT2D eigenvalue weighted by Crippen LogP contribution is -2.40. The Morgan fingerprint density at radius 2 is 2.27 bits per heavy atom. The molecule has 0 saturated carbocycles. The normalized spacial score (nSPS) is 17.7. The molecule has 0 bridgehead atoms. The smallest absolute Gasteiger partial charge is 0.193 e. The number of nitrogens with one attached hydrogen (secondary N) is 1. The number of rotatable bonds is 6. The van der Waals surface area contributed by atoms with E-state index in [9.17, 15) is 0 Å². The van der Waals surface area contributed by atoms with Gasteiger partial charge in [-0.05, 0) is 54.9 Å². The van der Waals surface area contributed by atoms with Crippen LogP contribution in [0.25, 0.3) is 0 Å². The topological polar surface area (TPSA) is 45.5 Å². The van der Waals surface area contributed by atoms with Crippen LogP contribution in [0.5, 0.6) is 0 Å². The van der Waals surface area contributed by atoms with Gasteiger partial charge in [-0.3, -0.25) is 9.67 Å². The molecule has 5 nitrogen and oxygen atoms in total. The molecule has 0 spiro atoms. The van der Waals surface area contributed by atoms with Gasteiger partial charge in [0.2, 0.25) is 0 Å². The van der Waals surface area contributed by atoms with E-state index in [0.717, 1.165) is 49.3 Å². The Labute approximate surface area is 164 Å². The van der Waals surface area contributed by atoms with Crippen LogP contribution in [-0.4, -0.2) is 47.3 Å². The molecule has 0 aliphatic carbocycles. The highest BCUT2D eigenvalue weighted by Crippen LogP contribution is 2.20.